The van der Waals surface area contributed by atoms with Gasteiger partial charge >= 0.3 is 0 Å². The van der Waals surface area contributed by atoms with E-state index in [4.69, 9.17) is 5.73 Å². The largest absolute Gasteiger partial charge is 0.399 e. The van der Waals surface area contributed by atoms with Crippen LogP contribution in [-0.4, -0.2) is 13.0 Å². The van der Waals surface area contributed by atoms with Gasteiger partial charge in [0.2, 0.25) is 5.56 Å². The van der Waals surface area contributed by atoms with Crippen LogP contribution >= 0.6 is 31.9 Å². The van der Waals surface area contributed by atoms with Gasteiger partial charge in [0.25, 0.3) is 10.0 Å². The maximum absolute atomic E-state index is 12.5. The van der Waals surface area contributed by atoms with E-state index in [9.17, 15) is 13.2 Å². The average Bonchev–Trinajstić information content (AvgIpc) is 2.31. The van der Waals surface area contributed by atoms with Crippen LogP contribution in [0.2, 0.25) is 0 Å². The summed E-state index contributed by atoms with van der Waals surface area (Å²) < 4.78 is 29.3. The molecule has 0 radical (unpaired) electrons. The lowest BCUT2D eigenvalue weighted by Crippen LogP contribution is -2.19. The molecule has 112 valence electrons. The molecule has 0 amide bonds. The summed E-state index contributed by atoms with van der Waals surface area (Å²) in [6.07, 6.45) is 1.40. The second kappa shape index (κ2) is 5.82. The lowest BCUT2D eigenvalue weighted by Gasteiger charge is -2.12. The summed E-state index contributed by atoms with van der Waals surface area (Å²) >= 11 is 6.38. The van der Waals surface area contributed by atoms with Gasteiger partial charge in [-0.05, 0) is 50.1 Å². The van der Waals surface area contributed by atoms with Crippen LogP contribution in [0.25, 0.3) is 0 Å². The number of aryl methyl sites for hydroxylation is 1. The van der Waals surface area contributed by atoms with Crippen LogP contribution in [0.4, 0.5) is 11.4 Å². The van der Waals surface area contributed by atoms with Crippen LogP contribution in [0.5, 0.6) is 0 Å². The molecule has 0 aliphatic heterocycles. The maximum Gasteiger partial charge on any atom is 0.264 e. The van der Waals surface area contributed by atoms with Crippen LogP contribution in [-0.2, 0) is 17.1 Å². The van der Waals surface area contributed by atoms with E-state index in [1.807, 2.05) is 0 Å². The molecule has 0 saturated carbocycles. The second-order valence-corrected chi connectivity index (χ2v) is 7.61. The van der Waals surface area contributed by atoms with E-state index >= 15 is 0 Å². The van der Waals surface area contributed by atoms with Crippen molar-refractivity contribution in [2.75, 3.05) is 10.5 Å². The van der Waals surface area contributed by atoms with Gasteiger partial charge in [0.1, 0.15) is 4.90 Å². The minimum Gasteiger partial charge on any atom is -0.399 e. The fourth-order valence-electron chi connectivity index (χ4n) is 1.70. The number of sulfonamides is 1. The summed E-state index contributed by atoms with van der Waals surface area (Å²) in [5.41, 5.74) is 6.13. The number of nitrogens with two attached hydrogens (primary N) is 1. The number of nitrogen functional groups attached to an aromatic ring is 1. The van der Waals surface area contributed by atoms with E-state index in [0.717, 1.165) is 0 Å². The fraction of sp³-hybridized carbons (Fsp3) is 0.0833. The first-order valence-corrected chi connectivity index (χ1v) is 8.71. The third kappa shape index (κ3) is 3.47. The van der Waals surface area contributed by atoms with Gasteiger partial charge in [-0.25, -0.2) is 8.42 Å². The van der Waals surface area contributed by atoms with Gasteiger partial charge < -0.3 is 10.3 Å². The highest BCUT2D eigenvalue weighted by molar-refractivity contribution is 9.11. The molecule has 0 unspecified atom stereocenters. The topological polar surface area (TPSA) is 94.2 Å². The standard InChI is InChI=1S/C12H11Br2N3O3S/c1-17-6-8(2-3-11(17)18)16-21(19,20)12-9(13)4-7(15)5-10(12)14/h2-6,16H,15H2,1H3. The average molecular weight is 437 g/mol. The Labute approximate surface area is 138 Å². The van der Waals surface area contributed by atoms with Crippen molar-refractivity contribution < 1.29 is 8.42 Å². The Hall–Kier alpha value is -1.32. The number of nitrogens with zero attached hydrogens (tertiary/aromatic N) is 1. The van der Waals surface area contributed by atoms with Crippen LogP contribution in [0.15, 0.2) is 49.1 Å². The molecule has 21 heavy (non-hydrogen) atoms. The quantitative estimate of drug-likeness (QED) is 0.721. The van der Waals surface area contributed by atoms with Crippen molar-refractivity contribution in [2.24, 2.45) is 7.05 Å². The molecule has 9 heteroatoms. The van der Waals surface area contributed by atoms with Crippen molar-refractivity contribution in [3.05, 3.63) is 49.8 Å². The number of hydrogen-bond acceptors (Lipinski definition) is 4. The van der Waals surface area contributed by atoms with Crippen LogP contribution in [0, 0.1) is 0 Å². The summed E-state index contributed by atoms with van der Waals surface area (Å²) in [4.78, 5) is 11.3. The van der Waals surface area contributed by atoms with Crippen molar-refractivity contribution in [3.8, 4) is 0 Å². The molecule has 0 saturated heterocycles. The molecule has 1 aromatic carbocycles. The number of aromatic nitrogens is 1. The first-order chi connectivity index (χ1) is 9.70. The fourth-order valence-corrected chi connectivity index (χ4v) is 5.36. The monoisotopic (exact) mass is 435 g/mol. The molecule has 0 spiro atoms. The van der Waals surface area contributed by atoms with Gasteiger partial charge in [-0.1, -0.05) is 0 Å². The van der Waals surface area contributed by atoms with Crippen LogP contribution in [0.1, 0.15) is 0 Å². The van der Waals surface area contributed by atoms with E-state index in [0.29, 0.717) is 14.6 Å². The summed E-state index contributed by atoms with van der Waals surface area (Å²) in [6, 6.07) is 5.68. The Morgan fingerprint density at radius 2 is 1.76 bits per heavy atom. The van der Waals surface area contributed by atoms with E-state index in [1.165, 1.54) is 42.1 Å². The predicted octanol–water partition coefficient (Wildman–Crippen LogP) is 2.29. The Balaban J connectivity index is 2.48. The molecule has 3 N–H and O–H groups in total. The zero-order valence-corrected chi connectivity index (χ0v) is 14.8. The maximum atomic E-state index is 12.5. The third-order valence-corrected chi connectivity index (χ3v) is 5.88. The Kier molecular flexibility index (Phi) is 4.45. The number of nitrogens with one attached hydrogen (secondary N) is 1. The minimum atomic E-state index is -3.84. The smallest absolute Gasteiger partial charge is 0.264 e. The first kappa shape index (κ1) is 16.1. The highest BCUT2D eigenvalue weighted by atomic mass is 79.9. The van der Waals surface area contributed by atoms with Crippen molar-refractivity contribution in [1.29, 1.82) is 0 Å². The molecule has 0 aliphatic carbocycles. The number of hydrogen-bond donors (Lipinski definition) is 2. The van der Waals surface area contributed by atoms with Crippen molar-refractivity contribution in [3.63, 3.8) is 0 Å². The van der Waals surface area contributed by atoms with E-state index in [2.05, 4.69) is 36.6 Å². The Morgan fingerprint density at radius 3 is 2.29 bits per heavy atom. The molecule has 1 heterocycles. The zero-order chi connectivity index (χ0) is 15.8. The normalized spacial score (nSPS) is 11.4. The van der Waals surface area contributed by atoms with Crippen LogP contribution in [0.3, 0.4) is 0 Å². The molecular formula is C12H11Br2N3O3S. The lowest BCUT2D eigenvalue weighted by atomic mass is 10.3. The second-order valence-electron chi connectivity index (χ2n) is 4.29. The summed E-state index contributed by atoms with van der Waals surface area (Å²) in [7, 11) is -2.30. The van der Waals surface area contributed by atoms with Gasteiger partial charge in [-0.3, -0.25) is 9.52 Å². The van der Waals surface area contributed by atoms with Gasteiger partial charge in [0, 0.05) is 33.9 Å². The molecule has 0 bridgehead atoms. The Morgan fingerprint density at radius 1 is 1.19 bits per heavy atom. The molecule has 2 rings (SSSR count). The minimum absolute atomic E-state index is 0.0329. The third-order valence-electron chi connectivity index (χ3n) is 2.63. The van der Waals surface area contributed by atoms with Crippen molar-refractivity contribution in [1.82, 2.24) is 4.57 Å². The highest BCUT2D eigenvalue weighted by Crippen LogP contribution is 2.33. The molecule has 0 aliphatic rings. The number of pyridine rings is 1. The van der Waals surface area contributed by atoms with Gasteiger partial charge in [-0.15, -0.1) is 0 Å². The number of benzene rings is 1. The van der Waals surface area contributed by atoms with E-state index in [-0.39, 0.29) is 16.1 Å². The molecule has 1 aromatic heterocycles. The number of halogens is 2. The molecule has 0 fully saturated rings. The summed E-state index contributed by atoms with van der Waals surface area (Å²) in [5.74, 6) is 0. The number of rotatable bonds is 3. The first-order valence-electron chi connectivity index (χ1n) is 5.65. The van der Waals surface area contributed by atoms with Gasteiger partial charge in [0.05, 0.1) is 5.69 Å². The van der Waals surface area contributed by atoms with Gasteiger partial charge in [-0.2, -0.15) is 0 Å². The molecule has 0 atom stereocenters. The SMILES string of the molecule is Cn1cc(NS(=O)(=O)c2c(Br)cc(N)cc2Br)ccc1=O. The molecular weight excluding hydrogens is 426 g/mol. The Bertz CT molecular complexity index is 839. The summed E-state index contributed by atoms with van der Waals surface area (Å²) in [5, 5.41) is 0. The zero-order valence-electron chi connectivity index (χ0n) is 10.8. The molecule has 6 nitrogen and oxygen atoms in total. The predicted molar refractivity (Wildman–Crippen MR) is 88.7 cm³/mol. The lowest BCUT2D eigenvalue weighted by molar-refractivity contribution is 0.600. The van der Waals surface area contributed by atoms with E-state index < -0.39 is 10.0 Å². The van der Waals surface area contributed by atoms with Crippen LogP contribution < -0.4 is 16.0 Å². The summed E-state index contributed by atoms with van der Waals surface area (Å²) in [6.45, 7) is 0. The highest BCUT2D eigenvalue weighted by Gasteiger charge is 2.22. The van der Waals surface area contributed by atoms with Gasteiger partial charge in [0.15, 0.2) is 0 Å². The number of anilines is 2. The molecule has 2 aromatic rings. The van der Waals surface area contributed by atoms with Crippen molar-refractivity contribution >= 4 is 53.3 Å². The van der Waals surface area contributed by atoms with Crippen molar-refractivity contribution in [2.45, 2.75) is 4.90 Å². The van der Waals surface area contributed by atoms with E-state index in [1.54, 1.807) is 0 Å².